The first-order valence-electron chi connectivity index (χ1n) is 7.86. The minimum atomic E-state index is -5.67. The van der Waals surface area contributed by atoms with Crippen molar-refractivity contribution in [3.8, 4) is 0 Å². The van der Waals surface area contributed by atoms with Crippen LogP contribution in [0, 0.1) is 13.8 Å². The third-order valence-corrected chi connectivity index (χ3v) is 3.72. The molecule has 0 amide bonds. The monoisotopic (exact) mass is 380 g/mol. The van der Waals surface area contributed by atoms with E-state index < -0.39 is 31.1 Å². The standard InChI is InChI=1S/C17H21F5N2O2/c1-5-24(4)10-23-14-9-11(2)13(8-12(14)3)15(25)26-7-6-16(18,19)17(20,21)22/h8-10H,5-7H2,1-4H3/b23-10+. The van der Waals surface area contributed by atoms with Gasteiger partial charge in [0.1, 0.15) is 0 Å². The summed E-state index contributed by atoms with van der Waals surface area (Å²) in [5.41, 5.74) is 1.84. The summed E-state index contributed by atoms with van der Waals surface area (Å²) in [4.78, 5) is 18.1. The number of rotatable bonds is 7. The lowest BCUT2D eigenvalue weighted by Crippen LogP contribution is -2.37. The average Bonchev–Trinajstić information content (AvgIpc) is 2.53. The Bertz CT molecular complexity index is 672. The van der Waals surface area contributed by atoms with Crippen molar-refractivity contribution >= 4 is 18.0 Å². The molecule has 0 saturated carbocycles. The molecule has 0 heterocycles. The van der Waals surface area contributed by atoms with E-state index in [0.29, 0.717) is 16.8 Å². The van der Waals surface area contributed by atoms with Crippen LogP contribution < -0.4 is 0 Å². The Balaban J connectivity index is 2.82. The predicted molar refractivity (Wildman–Crippen MR) is 88.3 cm³/mol. The van der Waals surface area contributed by atoms with E-state index >= 15 is 0 Å². The zero-order chi connectivity index (χ0) is 20.1. The second kappa shape index (κ2) is 8.46. The van der Waals surface area contributed by atoms with Crippen LogP contribution >= 0.6 is 0 Å². The molecule has 0 N–H and O–H groups in total. The number of hydrogen-bond donors (Lipinski definition) is 0. The highest BCUT2D eigenvalue weighted by molar-refractivity contribution is 5.92. The lowest BCUT2D eigenvalue weighted by atomic mass is 10.0. The Hall–Kier alpha value is -2.19. The normalized spacial score (nSPS) is 12.5. The Labute approximate surface area is 148 Å². The molecule has 9 heteroatoms. The number of halogens is 5. The summed E-state index contributed by atoms with van der Waals surface area (Å²) in [5.74, 6) is -5.85. The van der Waals surface area contributed by atoms with Crippen molar-refractivity contribution in [2.45, 2.75) is 39.3 Å². The van der Waals surface area contributed by atoms with Crippen LogP contribution in [0.15, 0.2) is 17.1 Å². The van der Waals surface area contributed by atoms with Gasteiger partial charge in [0.15, 0.2) is 0 Å². The quantitative estimate of drug-likeness (QED) is 0.299. The van der Waals surface area contributed by atoms with Crippen LogP contribution in [0.2, 0.25) is 0 Å². The third-order valence-electron chi connectivity index (χ3n) is 3.72. The molecule has 26 heavy (non-hydrogen) atoms. The number of carbonyl (C=O) groups excluding carboxylic acids is 1. The van der Waals surface area contributed by atoms with E-state index in [9.17, 15) is 26.7 Å². The minimum absolute atomic E-state index is 0.0978. The number of esters is 1. The maximum Gasteiger partial charge on any atom is 0.453 e. The van der Waals surface area contributed by atoms with E-state index in [1.807, 2.05) is 18.9 Å². The second-order valence-electron chi connectivity index (χ2n) is 5.86. The number of alkyl halides is 5. The third kappa shape index (κ3) is 5.67. The van der Waals surface area contributed by atoms with Crippen molar-refractivity contribution in [2.75, 3.05) is 20.2 Å². The summed E-state index contributed by atoms with van der Waals surface area (Å²) in [6.07, 6.45) is -5.66. The Kier molecular flexibility index (Phi) is 7.11. The molecule has 0 aromatic heterocycles. The second-order valence-corrected chi connectivity index (χ2v) is 5.86. The topological polar surface area (TPSA) is 41.9 Å². The maximum atomic E-state index is 12.8. The molecular weight excluding hydrogens is 359 g/mol. The largest absolute Gasteiger partial charge is 0.462 e. The molecule has 0 aliphatic rings. The Morgan fingerprint density at radius 2 is 1.81 bits per heavy atom. The summed E-state index contributed by atoms with van der Waals surface area (Å²) >= 11 is 0. The van der Waals surface area contributed by atoms with Gasteiger partial charge in [0, 0.05) is 13.6 Å². The number of benzene rings is 1. The van der Waals surface area contributed by atoms with Gasteiger partial charge < -0.3 is 9.64 Å². The Morgan fingerprint density at radius 1 is 1.19 bits per heavy atom. The average molecular weight is 380 g/mol. The van der Waals surface area contributed by atoms with Crippen LogP contribution in [0.1, 0.15) is 34.8 Å². The van der Waals surface area contributed by atoms with Gasteiger partial charge in [0.25, 0.3) is 0 Å². The first-order chi connectivity index (χ1) is 11.9. The molecule has 0 radical (unpaired) electrons. The molecule has 146 valence electrons. The van der Waals surface area contributed by atoms with Crippen LogP contribution in [0.3, 0.4) is 0 Å². The van der Waals surface area contributed by atoms with Crippen molar-refractivity contribution in [3.63, 3.8) is 0 Å². The SMILES string of the molecule is CCN(C)/C=N/c1cc(C)c(C(=O)OCCC(F)(F)C(F)(F)F)cc1C. The Morgan fingerprint density at radius 3 is 2.35 bits per heavy atom. The highest BCUT2D eigenvalue weighted by atomic mass is 19.4. The van der Waals surface area contributed by atoms with Gasteiger partial charge in [-0.3, -0.25) is 0 Å². The van der Waals surface area contributed by atoms with Gasteiger partial charge in [-0.15, -0.1) is 0 Å². The number of aryl methyl sites for hydroxylation is 2. The van der Waals surface area contributed by atoms with Crippen molar-refractivity contribution in [1.29, 1.82) is 0 Å². The van der Waals surface area contributed by atoms with Crippen molar-refractivity contribution in [3.05, 3.63) is 28.8 Å². The van der Waals surface area contributed by atoms with Crippen LogP contribution in [0.5, 0.6) is 0 Å². The summed E-state index contributed by atoms with van der Waals surface area (Å²) in [5, 5.41) is 0. The van der Waals surface area contributed by atoms with Gasteiger partial charge >= 0.3 is 18.1 Å². The minimum Gasteiger partial charge on any atom is -0.462 e. The number of nitrogens with zero attached hydrogens (tertiary/aromatic N) is 2. The zero-order valence-electron chi connectivity index (χ0n) is 15.0. The van der Waals surface area contributed by atoms with Crippen molar-refractivity contribution in [1.82, 2.24) is 4.90 Å². The summed E-state index contributed by atoms with van der Waals surface area (Å²) in [7, 11) is 1.84. The number of carbonyl (C=O) groups is 1. The molecule has 0 aliphatic heterocycles. The molecular formula is C17H21F5N2O2. The molecule has 0 aliphatic carbocycles. The molecule has 0 unspecified atom stereocenters. The van der Waals surface area contributed by atoms with E-state index in [1.54, 1.807) is 26.3 Å². The van der Waals surface area contributed by atoms with Gasteiger partial charge in [-0.05, 0) is 44.0 Å². The summed E-state index contributed by atoms with van der Waals surface area (Å²) in [6.45, 7) is 4.97. The lowest BCUT2D eigenvalue weighted by Gasteiger charge is -2.19. The van der Waals surface area contributed by atoms with Crippen LogP contribution in [0.25, 0.3) is 0 Å². The van der Waals surface area contributed by atoms with Gasteiger partial charge in [0.05, 0.1) is 30.6 Å². The smallest absolute Gasteiger partial charge is 0.453 e. The fourth-order valence-corrected chi connectivity index (χ4v) is 1.89. The highest BCUT2D eigenvalue weighted by Gasteiger charge is 2.56. The lowest BCUT2D eigenvalue weighted by molar-refractivity contribution is -0.286. The van der Waals surface area contributed by atoms with E-state index in [1.165, 1.54) is 6.07 Å². The zero-order valence-corrected chi connectivity index (χ0v) is 15.0. The molecule has 4 nitrogen and oxygen atoms in total. The van der Waals surface area contributed by atoms with Gasteiger partial charge in [-0.25, -0.2) is 9.79 Å². The van der Waals surface area contributed by atoms with Crippen LogP contribution in [0.4, 0.5) is 27.6 Å². The van der Waals surface area contributed by atoms with Gasteiger partial charge in [-0.2, -0.15) is 22.0 Å². The predicted octanol–water partition coefficient (Wildman–Crippen LogP) is 4.66. The molecule has 0 saturated heterocycles. The number of hydrogen-bond acceptors (Lipinski definition) is 3. The first-order valence-corrected chi connectivity index (χ1v) is 7.86. The van der Waals surface area contributed by atoms with E-state index in [-0.39, 0.29) is 5.56 Å². The van der Waals surface area contributed by atoms with E-state index in [2.05, 4.69) is 9.73 Å². The molecule has 1 aromatic rings. The van der Waals surface area contributed by atoms with Crippen LogP contribution in [-0.2, 0) is 4.74 Å². The fourth-order valence-electron chi connectivity index (χ4n) is 1.89. The van der Waals surface area contributed by atoms with Crippen LogP contribution in [-0.4, -0.2) is 49.5 Å². The first kappa shape index (κ1) is 21.9. The van der Waals surface area contributed by atoms with Crippen molar-refractivity contribution in [2.24, 2.45) is 4.99 Å². The highest BCUT2D eigenvalue weighted by Crippen LogP contribution is 2.38. The maximum absolute atomic E-state index is 12.8. The van der Waals surface area contributed by atoms with Crippen molar-refractivity contribution < 1.29 is 31.5 Å². The van der Waals surface area contributed by atoms with Gasteiger partial charge in [0.2, 0.25) is 0 Å². The summed E-state index contributed by atoms with van der Waals surface area (Å²) in [6, 6.07) is 3.09. The number of ether oxygens (including phenoxy) is 1. The van der Waals surface area contributed by atoms with Gasteiger partial charge in [-0.1, -0.05) is 0 Å². The summed E-state index contributed by atoms with van der Waals surface area (Å²) < 4.78 is 66.5. The van der Waals surface area contributed by atoms with E-state index in [0.717, 1.165) is 6.54 Å². The molecule has 0 spiro atoms. The molecule has 0 atom stereocenters. The van der Waals surface area contributed by atoms with E-state index in [4.69, 9.17) is 0 Å². The molecule has 1 aromatic carbocycles. The molecule has 0 bridgehead atoms. The number of aliphatic imine (C=N–C) groups is 1. The molecule has 0 fully saturated rings. The fraction of sp³-hybridized carbons (Fsp3) is 0.529. The molecule has 1 rings (SSSR count).